The monoisotopic (exact) mass is 511 g/mol. The number of guanidine groups is 1. The number of hydrogen-bond donors (Lipinski definition) is 3. The molecule has 0 amide bonds. The molecule has 1 fully saturated rings. The number of sulfonamides is 1. The van der Waals surface area contributed by atoms with E-state index < -0.39 is 10.0 Å². The highest BCUT2D eigenvalue weighted by atomic mass is 127. The zero-order chi connectivity index (χ0) is 18.8. The molecule has 1 heterocycles. The van der Waals surface area contributed by atoms with Crippen LogP contribution in [0.25, 0.3) is 0 Å². The van der Waals surface area contributed by atoms with Gasteiger partial charge in [-0.05, 0) is 18.1 Å². The number of nitrogens with two attached hydrogens (primary N) is 1. The van der Waals surface area contributed by atoms with E-state index >= 15 is 0 Å². The molecule has 0 aromatic heterocycles. The highest BCUT2D eigenvalue weighted by Crippen LogP contribution is 2.14. The number of nitrogens with zero attached hydrogens (tertiary/aromatic N) is 2. The molecule has 0 radical (unpaired) electrons. The van der Waals surface area contributed by atoms with Crippen molar-refractivity contribution in [1.82, 2.24) is 15.5 Å². The third-order valence-electron chi connectivity index (χ3n) is 4.05. The molecule has 154 valence electrons. The minimum atomic E-state index is -3.49. The van der Waals surface area contributed by atoms with Crippen molar-refractivity contribution in [2.75, 3.05) is 45.1 Å². The highest BCUT2D eigenvalue weighted by Gasteiger charge is 2.12. The minimum absolute atomic E-state index is 0. The first kappa shape index (κ1) is 24.1. The topological polar surface area (TPSA) is 109 Å². The average molecular weight is 511 g/mol. The van der Waals surface area contributed by atoms with Crippen molar-refractivity contribution >= 4 is 40.0 Å². The lowest BCUT2D eigenvalue weighted by Crippen LogP contribution is -2.40. The molecule has 1 aliphatic rings. The Morgan fingerprint density at radius 2 is 1.89 bits per heavy atom. The van der Waals surface area contributed by atoms with E-state index in [1.54, 1.807) is 0 Å². The molecular formula is C17H30IN5O3S. The molecule has 8 nitrogen and oxygen atoms in total. The molecule has 0 aliphatic carbocycles. The molecule has 0 atom stereocenters. The normalized spacial score (nSPS) is 15.9. The number of rotatable bonds is 8. The number of halogens is 1. The van der Waals surface area contributed by atoms with Crippen LogP contribution >= 0.6 is 24.0 Å². The average Bonchev–Trinajstić information content (AvgIpc) is 2.60. The first-order valence-corrected chi connectivity index (χ1v) is 10.6. The smallest absolute Gasteiger partial charge is 0.210 e. The molecule has 10 heteroatoms. The van der Waals surface area contributed by atoms with Crippen molar-refractivity contribution in [3.8, 4) is 0 Å². The van der Waals surface area contributed by atoms with Crippen molar-refractivity contribution in [3.05, 3.63) is 35.4 Å². The molecule has 1 aromatic rings. The van der Waals surface area contributed by atoms with Crippen LogP contribution < -0.4 is 15.8 Å². The Morgan fingerprint density at radius 3 is 2.52 bits per heavy atom. The second-order valence-corrected chi connectivity index (χ2v) is 7.88. The summed E-state index contributed by atoms with van der Waals surface area (Å²) in [6.45, 7) is 7.71. The van der Waals surface area contributed by atoms with Crippen LogP contribution in [0.1, 0.15) is 18.1 Å². The summed E-state index contributed by atoms with van der Waals surface area (Å²) in [6.07, 6.45) is 0. The standard InChI is InChI=1S/C17H29N5O3S.HI/c1-2-19-17(20-7-12-26(18,23)24)21-13-15-5-3-4-6-16(15)14-22-8-10-25-11-9-22;/h3-6H,2,7-14H2,1H3,(H2,18,23,24)(H2,19,20,21);1H. The van der Waals surface area contributed by atoms with Crippen LogP contribution in [0, 0.1) is 0 Å². The lowest BCUT2D eigenvalue weighted by atomic mass is 10.1. The lowest BCUT2D eigenvalue weighted by molar-refractivity contribution is 0.0341. The van der Waals surface area contributed by atoms with Gasteiger partial charge in [-0.1, -0.05) is 24.3 Å². The van der Waals surface area contributed by atoms with Crippen molar-refractivity contribution in [3.63, 3.8) is 0 Å². The van der Waals surface area contributed by atoms with Gasteiger partial charge in [-0.25, -0.2) is 18.5 Å². The molecular weight excluding hydrogens is 481 g/mol. The minimum Gasteiger partial charge on any atom is -0.379 e. The molecule has 1 aromatic carbocycles. The molecule has 0 unspecified atom stereocenters. The number of primary sulfonamides is 1. The molecule has 0 spiro atoms. The molecule has 27 heavy (non-hydrogen) atoms. The van der Waals surface area contributed by atoms with E-state index in [4.69, 9.17) is 9.88 Å². The van der Waals surface area contributed by atoms with Gasteiger partial charge in [0.25, 0.3) is 0 Å². The fourth-order valence-electron chi connectivity index (χ4n) is 2.68. The molecule has 1 aliphatic heterocycles. The van der Waals surface area contributed by atoms with E-state index in [0.29, 0.717) is 19.0 Å². The number of morpholine rings is 1. The number of nitrogens with one attached hydrogen (secondary N) is 2. The van der Waals surface area contributed by atoms with Crippen LogP contribution in [0.3, 0.4) is 0 Å². The summed E-state index contributed by atoms with van der Waals surface area (Å²) in [4.78, 5) is 6.95. The Bertz CT molecular complexity index is 694. The van der Waals surface area contributed by atoms with Gasteiger partial charge >= 0.3 is 0 Å². The SMILES string of the molecule is CCNC(=NCc1ccccc1CN1CCOCC1)NCCS(N)(=O)=O.I. The summed E-state index contributed by atoms with van der Waals surface area (Å²) < 4.78 is 27.5. The van der Waals surface area contributed by atoms with Crippen LogP contribution in [-0.4, -0.2) is 64.4 Å². The van der Waals surface area contributed by atoms with Gasteiger partial charge in [-0.2, -0.15) is 0 Å². The zero-order valence-corrected chi connectivity index (χ0v) is 18.8. The van der Waals surface area contributed by atoms with Crippen molar-refractivity contribution in [2.24, 2.45) is 10.1 Å². The second kappa shape index (κ2) is 12.5. The van der Waals surface area contributed by atoms with Crippen LogP contribution in [-0.2, 0) is 27.8 Å². The predicted octanol–water partition coefficient (Wildman–Crippen LogP) is 0.480. The zero-order valence-electron chi connectivity index (χ0n) is 15.7. The van der Waals surface area contributed by atoms with Crippen LogP contribution in [0.15, 0.2) is 29.3 Å². The van der Waals surface area contributed by atoms with E-state index in [2.05, 4.69) is 32.7 Å². The molecule has 0 bridgehead atoms. The summed E-state index contributed by atoms with van der Waals surface area (Å²) in [5, 5.41) is 11.1. The van der Waals surface area contributed by atoms with Crippen LogP contribution in [0.5, 0.6) is 0 Å². The third-order valence-corrected chi connectivity index (χ3v) is 4.82. The Kier molecular flexibility index (Phi) is 11.1. The maximum Gasteiger partial charge on any atom is 0.210 e. The van der Waals surface area contributed by atoms with Gasteiger partial charge in [0.1, 0.15) is 0 Å². The van der Waals surface area contributed by atoms with Crippen molar-refractivity contribution in [2.45, 2.75) is 20.0 Å². The Balaban J connectivity index is 0.00000364. The number of ether oxygens (including phenoxy) is 1. The third kappa shape index (κ3) is 9.70. The molecule has 4 N–H and O–H groups in total. The van der Waals surface area contributed by atoms with Gasteiger partial charge in [0.05, 0.1) is 25.5 Å². The summed E-state index contributed by atoms with van der Waals surface area (Å²) in [5.41, 5.74) is 2.40. The summed E-state index contributed by atoms with van der Waals surface area (Å²) in [7, 11) is -3.49. The van der Waals surface area contributed by atoms with Crippen LogP contribution in [0.4, 0.5) is 0 Å². The van der Waals surface area contributed by atoms with Gasteiger partial charge in [0, 0.05) is 32.7 Å². The highest BCUT2D eigenvalue weighted by molar-refractivity contribution is 14.0. The maximum atomic E-state index is 11.0. The predicted molar refractivity (Wildman–Crippen MR) is 119 cm³/mol. The van der Waals surface area contributed by atoms with Gasteiger partial charge < -0.3 is 15.4 Å². The van der Waals surface area contributed by atoms with Gasteiger partial charge in [0.2, 0.25) is 10.0 Å². The number of hydrogen-bond acceptors (Lipinski definition) is 5. The Labute approximate surface area is 179 Å². The quantitative estimate of drug-likeness (QED) is 0.266. The number of aliphatic imine (C=N–C) groups is 1. The summed E-state index contributed by atoms with van der Waals surface area (Å²) in [6, 6.07) is 8.25. The summed E-state index contributed by atoms with van der Waals surface area (Å²) in [5.74, 6) is 0.447. The lowest BCUT2D eigenvalue weighted by Gasteiger charge is -2.27. The first-order chi connectivity index (χ1) is 12.5. The largest absolute Gasteiger partial charge is 0.379 e. The van der Waals surface area contributed by atoms with E-state index in [9.17, 15) is 8.42 Å². The number of benzene rings is 1. The Morgan fingerprint density at radius 1 is 1.22 bits per heavy atom. The fourth-order valence-corrected chi connectivity index (χ4v) is 3.07. The van der Waals surface area contributed by atoms with E-state index in [-0.39, 0.29) is 36.3 Å². The first-order valence-electron chi connectivity index (χ1n) is 8.87. The fraction of sp³-hybridized carbons (Fsp3) is 0.588. The van der Waals surface area contributed by atoms with E-state index in [0.717, 1.165) is 38.4 Å². The van der Waals surface area contributed by atoms with Crippen molar-refractivity contribution < 1.29 is 13.2 Å². The van der Waals surface area contributed by atoms with E-state index in [1.165, 1.54) is 5.56 Å². The maximum absolute atomic E-state index is 11.0. The van der Waals surface area contributed by atoms with Gasteiger partial charge in [-0.15, -0.1) is 24.0 Å². The van der Waals surface area contributed by atoms with Crippen molar-refractivity contribution in [1.29, 1.82) is 0 Å². The van der Waals surface area contributed by atoms with Gasteiger partial charge in [-0.3, -0.25) is 4.90 Å². The second-order valence-electron chi connectivity index (χ2n) is 6.15. The Hall–Kier alpha value is -0.950. The summed E-state index contributed by atoms with van der Waals surface area (Å²) >= 11 is 0. The molecule has 2 rings (SSSR count). The molecule has 1 saturated heterocycles. The van der Waals surface area contributed by atoms with E-state index in [1.807, 2.05) is 19.1 Å². The van der Waals surface area contributed by atoms with Gasteiger partial charge in [0.15, 0.2) is 5.96 Å². The molecule has 0 saturated carbocycles. The van der Waals surface area contributed by atoms with Crippen LogP contribution in [0.2, 0.25) is 0 Å².